The van der Waals surface area contributed by atoms with Gasteiger partial charge in [-0.1, -0.05) is 39.0 Å². The van der Waals surface area contributed by atoms with Crippen LogP contribution < -0.4 is 10.2 Å². The van der Waals surface area contributed by atoms with Gasteiger partial charge >= 0.3 is 19.5 Å². The van der Waals surface area contributed by atoms with Crippen LogP contribution >= 0.6 is 0 Å². The second-order valence-corrected chi connectivity index (χ2v) is 3.24. The first-order valence-corrected chi connectivity index (χ1v) is 5.43. The number of carbonyl (C=O) groups excluding carboxylic acids is 2. The number of unbranched alkanes of at least 4 members (excludes halogenated alkanes) is 5. The van der Waals surface area contributed by atoms with Gasteiger partial charge in [-0.05, 0) is 12.2 Å². The molecule has 0 saturated heterocycles. The molecule has 0 aliphatic heterocycles. The molecular weight excluding hydrogens is 274 g/mol. The van der Waals surface area contributed by atoms with E-state index in [0.717, 1.165) is 6.42 Å². The van der Waals surface area contributed by atoms with Crippen LogP contribution in [0.4, 0.5) is 0 Å². The predicted molar refractivity (Wildman–Crippen MR) is 57.9 cm³/mol. The van der Waals surface area contributed by atoms with E-state index in [0.29, 0.717) is 12.2 Å². The molecule has 0 aliphatic rings. The summed E-state index contributed by atoms with van der Waals surface area (Å²) in [5, 5.41) is 18.8. The van der Waals surface area contributed by atoms with Gasteiger partial charge < -0.3 is 26.7 Å². The second-order valence-electron chi connectivity index (χ2n) is 3.24. The van der Waals surface area contributed by atoms with E-state index in [-0.39, 0.29) is 19.5 Å². The van der Waals surface area contributed by atoms with E-state index in [2.05, 4.69) is 13.8 Å². The van der Waals surface area contributed by atoms with Gasteiger partial charge in [-0.15, -0.1) is 0 Å². The molecule has 0 heterocycles. The fourth-order valence-electron chi connectivity index (χ4n) is 0.916. The molecule has 17 heavy (non-hydrogen) atoms. The molecule has 0 atom stereocenters. The van der Waals surface area contributed by atoms with E-state index in [4.69, 9.17) is 0 Å². The van der Waals surface area contributed by atoms with Gasteiger partial charge in [0.05, 0.1) is 11.9 Å². The molecule has 0 aromatic rings. The Morgan fingerprint density at radius 3 is 1.71 bits per heavy atom. The Labute approximate surface area is 116 Å². The van der Waals surface area contributed by atoms with Gasteiger partial charge in [0.25, 0.3) is 0 Å². The molecular formula is C12H19O4Zn-. The minimum atomic E-state index is -1.55. The third-order valence-corrected chi connectivity index (χ3v) is 1.71. The van der Waals surface area contributed by atoms with Crippen molar-refractivity contribution in [2.24, 2.45) is 0 Å². The van der Waals surface area contributed by atoms with Crippen molar-refractivity contribution in [3.63, 3.8) is 0 Å². The van der Waals surface area contributed by atoms with Crippen molar-refractivity contribution in [3.8, 4) is 0 Å². The topological polar surface area (TPSA) is 80.3 Å². The third-order valence-electron chi connectivity index (χ3n) is 1.71. The van der Waals surface area contributed by atoms with Gasteiger partial charge in [-0.3, -0.25) is 0 Å². The molecule has 0 radical (unpaired) electrons. The maximum atomic E-state index is 9.41. The minimum absolute atomic E-state index is 0. The predicted octanol–water partition coefficient (Wildman–Crippen LogP) is 0.221. The van der Waals surface area contributed by atoms with Crippen molar-refractivity contribution in [1.29, 1.82) is 0 Å². The number of carboxylic acids is 2. The summed E-state index contributed by atoms with van der Waals surface area (Å²) in [6.07, 6.45) is 8.74. The van der Waals surface area contributed by atoms with Crippen LogP contribution in [0, 0.1) is 6.92 Å². The Bertz CT molecular complexity index is 193. The zero-order chi connectivity index (χ0) is 12.8. The van der Waals surface area contributed by atoms with Crippen LogP contribution in [0.25, 0.3) is 0 Å². The number of aliphatic carboxylic acids is 2. The fourth-order valence-corrected chi connectivity index (χ4v) is 0.916. The van der Waals surface area contributed by atoms with Crippen LogP contribution in [-0.2, 0) is 29.1 Å². The number of carbonyl (C=O) groups is 2. The molecule has 0 spiro atoms. The molecule has 0 unspecified atom stereocenters. The van der Waals surface area contributed by atoms with E-state index >= 15 is 0 Å². The average Bonchev–Trinajstić information content (AvgIpc) is 2.23. The van der Waals surface area contributed by atoms with Gasteiger partial charge in [0, 0.05) is 0 Å². The van der Waals surface area contributed by atoms with E-state index < -0.39 is 11.9 Å². The van der Waals surface area contributed by atoms with E-state index in [1.807, 2.05) is 0 Å². The Morgan fingerprint density at radius 2 is 1.41 bits per heavy atom. The summed E-state index contributed by atoms with van der Waals surface area (Å²) < 4.78 is 0. The number of hydrogen-bond donors (Lipinski definition) is 0. The Balaban J connectivity index is -0.000000218. The first kappa shape index (κ1) is 21.6. The molecule has 0 rings (SSSR count). The summed E-state index contributed by atoms with van der Waals surface area (Å²) in [4.78, 5) is 18.8. The molecule has 0 aromatic carbocycles. The van der Waals surface area contributed by atoms with Crippen LogP contribution in [0.1, 0.15) is 45.4 Å². The van der Waals surface area contributed by atoms with E-state index in [9.17, 15) is 19.8 Å². The molecule has 0 aromatic heterocycles. The summed E-state index contributed by atoms with van der Waals surface area (Å²) in [5.74, 6) is -3.09. The molecule has 4 nitrogen and oxygen atoms in total. The molecule has 0 bridgehead atoms. The summed E-state index contributed by atoms with van der Waals surface area (Å²) in [6, 6.07) is 0. The van der Waals surface area contributed by atoms with Crippen molar-refractivity contribution in [2.45, 2.75) is 45.4 Å². The maximum Gasteiger partial charge on any atom is 2.00 e. The quantitative estimate of drug-likeness (QED) is 0.291. The zero-order valence-electron chi connectivity index (χ0n) is 10.4. The Morgan fingerprint density at radius 1 is 1.00 bits per heavy atom. The molecule has 0 aliphatic carbocycles. The van der Waals surface area contributed by atoms with Crippen molar-refractivity contribution in [1.82, 2.24) is 0 Å². The van der Waals surface area contributed by atoms with Crippen LogP contribution in [0.2, 0.25) is 0 Å². The van der Waals surface area contributed by atoms with Crippen molar-refractivity contribution >= 4 is 11.9 Å². The van der Waals surface area contributed by atoms with Crippen LogP contribution in [0.3, 0.4) is 0 Å². The normalized spacial score (nSPS) is 9.06. The van der Waals surface area contributed by atoms with Crippen LogP contribution in [-0.4, -0.2) is 11.9 Å². The number of carboxylic acid groups (broad SMARTS) is 2. The summed E-state index contributed by atoms with van der Waals surface area (Å²) in [5.41, 5.74) is 0. The van der Waals surface area contributed by atoms with Crippen molar-refractivity contribution < 1.29 is 39.3 Å². The molecule has 5 heteroatoms. The number of rotatable bonds is 7. The Hall–Kier alpha value is -0.697. The fraction of sp³-hybridized carbons (Fsp3) is 0.583. The van der Waals surface area contributed by atoms with E-state index in [1.165, 1.54) is 32.1 Å². The largest absolute Gasteiger partial charge is 2.00 e. The minimum Gasteiger partial charge on any atom is -0.545 e. The standard InChI is InChI=1S/C8H17.C4H4O4.Zn/c1-3-5-7-8-6-4-2;5-3(6)1-2-4(7)8;/h1,3-8H2,2H3;1-2H,(H,5,6)(H,7,8);/q-1;;+2/p-2/b;2-1-;. The smallest absolute Gasteiger partial charge is 0.545 e. The summed E-state index contributed by atoms with van der Waals surface area (Å²) >= 11 is 0. The van der Waals surface area contributed by atoms with Crippen molar-refractivity contribution in [3.05, 3.63) is 19.1 Å². The monoisotopic (exact) mass is 291 g/mol. The van der Waals surface area contributed by atoms with Crippen LogP contribution in [0.15, 0.2) is 12.2 Å². The third kappa shape index (κ3) is 31.3. The summed E-state index contributed by atoms with van der Waals surface area (Å²) in [6.45, 7) is 6.02. The van der Waals surface area contributed by atoms with Gasteiger partial charge in [0.1, 0.15) is 0 Å². The number of hydrogen-bond acceptors (Lipinski definition) is 4. The zero-order valence-corrected chi connectivity index (χ0v) is 13.4. The molecule has 0 N–H and O–H groups in total. The average molecular weight is 293 g/mol. The molecule has 0 saturated carbocycles. The van der Waals surface area contributed by atoms with Crippen molar-refractivity contribution in [2.75, 3.05) is 0 Å². The van der Waals surface area contributed by atoms with E-state index in [1.54, 1.807) is 0 Å². The molecule has 94 valence electrons. The van der Waals surface area contributed by atoms with Crippen LogP contribution in [0.5, 0.6) is 0 Å². The molecule has 0 amide bonds. The Kier molecular flexibility index (Phi) is 22.5. The van der Waals surface area contributed by atoms with Gasteiger partial charge in [-0.2, -0.15) is 6.42 Å². The van der Waals surface area contributed by atoms with Gasteiger partial charge in [0.15, 0.2) is 0 Å². The first-order valence-electron chi connectivity index (χ1n) is 5.43. The first-order chi connectivity index (χ1) is 7.54. The maximum absolute atomic E-state index is 9.41. The van der Waals surface area contributed by atoms with Gasteiger partial charge in [-0.25, -0.2) is 0 Å². The molecule has 0 fully saturated rings. The van der Waals surface area contributed by atoms with Gasteiger partial charge in [0.2, 0.25) is 0 Å². The SMILES string of the molecule is O=C([O-])/C=C\C(=O)[O-].[CH2-]CCCCCCC.[Zn+2]. The summed E-state index contributed by atoms with van der Waals surface area (Å²) in [7, 11) is 0. The second kappa shape index (κ2) is 17.7.